The Morgan fingerprint density at radius 2 is 0.526 bits per heavy atom. The molecule has 0 heterocycles. The molecular weight excluding hydrogens is 596 g/mol. The molecule has 0 atom stereocenters. The smallest absolute Gasteiger partial charge is 0.199 e. The fraction of sp³-hybridized carbons (Fsp3) is 0.889. The lowest BCUT2D eigenvalue weighted by Gasteiger charge is -2.46. The normalized spacial score (nSPS) is 16.6. The minimum Gasteiger partial charge on any atom is -0.199 e. The molecule has 0 aliphatic heterocycles. The third-order valence-corrected chi connectivity index (χ3v) is 4.99. The standard InChI is InChI=1S/C18H16F20/c1-7(2)6-9(19,20)11(23,24)13(27,28)15(31,32)17(35,36)18(37,38)16(33,34)14(29,30)12(25,26)10(21,22)8(3,4)5/h6H,1-5H3. The molecule has 38 heavy (non-hydrogen) atoms. The van der Waals surface area contributed by atoms with E-state index in [1.807, 2.05) is 0 Å². The first-order valence-corrected chi connectivity index (χ1v) is 9.36. The topological polar surface area (TPSA) is 0 Å². The van der Waals surface area contributed by atoms with Crippen molar-refractivity contribution in [2.45, 2.75) is 93.8 Å². The third-order valence-electron chi connectivity index (χ3n) is 4.99. The summed E-state index contributed by atoms with van der Waals surface area (Å²) in [7, 11) is 0. The first kappa shape index (κ1) is 36.3. The molecule has 0 amide bonds. The summed E-state index contributed by atoms with van der Waals surface area (Å²) in [5.41, 5.74) is -4.69. The van der Waals surface area contributed by atoms with Gasteiger partial charge in [0.05, 0.1) is 0 Å². The molecule has 0 aromatic heterocycles. The van der Waals surface area contributed by atoms with Crippen molar-refractivity contribution in [2.75, 3.05) is 0 Å². The first-order chi connectivity index (χ1) is 15.9. The summed E-state index contributed by atoms with van der Waals surface area (Å²) in [5, 5.41) is 0. The Labute approximate surface area is 200 Å². The van der Waals surface area contributed by atoms with Gasteiger partial charge < -0.3 is 0 Å². The fourth-order valence-electron chi connectivity index (χ4n) is 2.51. The van der Waals surface area contributed by atoms with Crippen LogP contribution in [0, 0.1) is 5.41 Å². The molecule has 0 fully saturated rings. The summed E-state index contributed by atoms with van der Waals surface area (Å²) in [6.07, 6.45) is -1.27. The van der Waals surface area contributed by atoms with Crippen LogP contribution in [0.1, 0.15) is 34.6 Å². The van der Waals surface area contributed by atoms with Gasteiger partial charge in [-0.05, 0) is 19.9 Å². The maximum Gasteiger partial charge on any atom is 0.385 e. The molecule has 0 rings (SSSR count). The zero-order valence-electron chi connectivity index (χ0n) is 19.1. The Balaban J connectivity index is 7.26. The summed E-state index contributed by atoms with van der Waals surface area (Å²) in [4.78, 5) is 0. The van der Waals surface area contributed by atoms with Crippen molar-refractivity contribution in [1.82, 2.24) is 0 Å². The van der Waals surface area contributed by atoms with Crippen molar-refractivity contribution in [3.05, 3.63) is 11.6 Å². The molecule has 0 aliphatic carbocycles. The van der Waals surface area contributed by atoms with Gasteiger partial charge in [0.2, 0.25) is 0 Å². The first-order valence-electron chi connectivity index (χ1n) is 9.36. The molecule has 0 aliphatic rings. The summed E-state index contributed by atoms with van der Waals surface area (Å²) < 4.78 is 274. The van der Waals surface area contributed by atoms with E-state index in [9.17, 15) is 87.8 Å². The van der Waals surface area contributed by atoms with E-state index in [1.54, 1.807) is 0 Å². The van der Waals surface area contributed by atoms with Gasteiger partial charge in [-0.15, -0.1) is 0 Å². The van der Waals surface area contributed by atoms with Crippen LogP contribution in [0.5, 0.6) is 0 Å². The molecular formula is C18H16F20. The molecule has 0 saturated heterocycles. The van der Waals surface area contributed by atoms with Crippen molar-refractivity contribution in [3.63, 3.8) is 0 Å². The van der Waals surface area contributed by atoms with Crippen LogP contribution in [0.15, 0.2) is 11.6 Å². The molecule has 0 spiro atoms. The van der Waals surface area contributed by atoms with Gasteiger partial charge in [-0.2, -0.15) is 87.8 Å². The summed E-state index contributed by atoms with van der Waals surface area (Å²) in [6.45, 7) is 0.556. The van der Waals surface area contributed by atoms with Gasteiger partial charge in [0.15, 0.2) is 0 Å². The van der Waals surface area contributed by atoms with Crippen molar-refractivity contribution in [1.29, 1.82) is 0 Å². The quantitative estimate of drug-likeness (QED) is 0.171. The SMILES string of the molecule is CC(C)=CC(F)(F)C(F)(F)C(F)(F)C(F)(F)C(F)(F)C(F)(F)C(F)(F)C(F)(F)C(F)(F)C(F)(F)C(C)(C)C. The summed E-state index contributed by atoms with van der Waals surface area (Å²) in [6, 6.07) is 0. The Kier molecular flexibility index (Phi) is 8.53. The van der Waals surface area contributed by atoms with Crippen LogP contribution >= 0.6 is 0 Å². The highest BCUT2D eigenvalue weighted by Crippen LogP contribution is 2.67. The maximum atomic E-state index is 13.8. The Morgan fingerprint density at radius 3 is 0.711 bits per heavy atom. The highest BCUT2D eigenvalue weighted by molar-refractivity contribution is 5.21. The predicted molar refractivity (Wildman–Crippen MR) is 88.4 cm³/mol. The van der Waals surface area contributed by atoms with Gasteiger partial charge in [0.1, 0.15) is 0 Å². The minimum absolute atomic E-state index is 0.0920. The molecule has 0 saturated carbocycles. The Hall–Kier alpha value is -1.66. The molecule has 0 aromatic carbocycles. The molecule has 0 nitrogen and oxygen atoms in total. The lowest BCUT2D eigenvalue weighted by atomic mass is 9.78. The number of allylic oxidation sites excluding steroid dienone is 2. The molecule has 20 heteroatoms. The van der Waals surface area contributed by atoms with E-state index in [0.29, 0.717) is 13.8 Å². The lowest BCUT2D eigenvalue weighted by molar-refractivity contribution is -0.470. The lowest BCUT2D eigenvalue weighted by Crippen LogP contribution is -2.77. The fourth-order valence-corrected chi connectivity index (χ4v) is 2.51. The average molecular weight is 612 g/mol. The Morgan fingerprint density at radius 1 is 0.342 bits per heavy atom. The van der Waals surface area contributed by atoms with Gasteiger partial charge in [-0.25, -0.2) is 0 Å². The largest absolute Gasteiger partial charge is 0.385 e. The van der Waals surface area contributed by atoms with Gasteiger partial charge >= 0.3 is 59.2 Å². The van der Waals surface area contributed by atoms with Crippen molar-refractivity contribution < 1.29 is 87.8 Å². The molecule has 0 N–H and O–H groups in total. The second-order valence-electron chi connectivity index (χ2n) is 9.26. The second-order valence-corrected chi connectivity index (χ2v) is 9.26. The van der Waals surface area contributed by atoms with E-state index < -0.39 is 76.3 Å². The van der Waals surface area contributed by atoms with Crippen molar-refractivity contribution >= 4 is 0 Å². The van der Waals surface area contributed by atoms with Gasteiger partial charge in [0.25, 0.3) is 0 Å². The van der Waals surface area contributed by atoms with Crippen molar-refractivity contribution in [2.24, 2.45) is 5.41 Å². The monoisotopic (exact) mass is 612 g/mol. The predicted octanol–water partition coefficient (Wildman–Crippen LogP) is 9.35. The number of rotatable bonds is 10. The second kappa shape index (κ2) is 8.92. The number of hydrogen-bond donors (Lipinski definition) is 0. The van der Waals surface area contributed by atoms with Crippen LogP contribution in [0.3, 0.4) is 0 Å². The van der Waals surface area contributed by atoms with E-state index >= 15 is 0 Å². The van der Waals surface area contributed by atoms with E-state index in [1.165, 1.54) is 0 Å². The van der Waals surface area contributed by atoms with E-state index in [-0.39, 0.29) is 20.8 Å². The number of halogens is 20. The van der Waals surface area contributed by atoms with Crippen LogP contribution < -0.4 is 0 Å². The highest BCUT2D eigenvalue weighted by atomic mass is 19.4. The maximum absolute atomic E-state index is 13.8. The van der Waals surface area contributed by atoms with Gasteiger partial charge in [0, 0.05) is 5.41 Å². The van der Waals surface area contributed by atoms with Crippen LogP contribution in [0.2, 0.25) is 0 Å². The zero-order chi connectivity index (χ0) is 31.8. The molecule has 0 bridgehead atoms. The Bertz CT molecular complexity index is 897. The summed E-state index contributed by atoms with van der Waals surface area (Å²) >= 11 is 0. The zero-order valence-corrected chi connectivity index (χ0v) is 19.1. The highest BCUT2D eigenvalue weighted by Gasteiger charge is 2.97. The average Bonchev–Trinajstić information content (AvgIpc) is 2.64. The molecule has 228 valence electrons. The van der Waals surface area contributed by atoms with Crippen molar-refractivity contribution in [3.8, 4) is 0 Å². The van der Waals surface area contributed by atoms with Crippen LogP contribution in [-0.2, 0) is 0 Å². The minimum atomic E-state index is -9.01. The van der Waals surface area contributed by atoms with Gasteiger partial charge in [-0.3, -0.25) is 0 Å². The van der Waals surface area contributed by atoms with Crippen LogP contribution in [0.25, 0.3) is 0 Å². The number of alkyl halides is 20. The van der Waals surface area contributed by atoms with Crippen LogP contribution in [-0.4, -0.2) is 59.2 Å². The number of hydrogen-bond acceptors (Lipinski definition) is 0. The van der Waals surface area contributed by atoms with E-state index in [0.717, 1.165) is 0 Å². The van der Waals surface area contributed by atoms with E-state index in [4.69, 9.17) is 0 Å². The van der Waals surface area contributed by atoms with Gasteiger partial charge in [-0.1, -0.05) is 26.3 Å². The third kappa shape index (κ3) is 4.38. The molecule has 0 unspecified atom stereocenters. The molecule has 0 radical (unpaired) electrons. The van der Waals surface area contributed by atoms with Crippen LogP contribution in [0.4, 0.5) is 87.8 Å². The van der Waals surface area contributed by atoms with E-state index in [2.05, 4.69) is 0 Å². The molecule has 0 aromatic rings. The summed E-state index contributed by atoms with van der Waals surface area (Å²) in [5.74, 6) is -81.6.